The lowest BCUT2D eigenvalue weighted by molar-refractivity contribution is -0.126. The third-order valence-electron chi connectivity index (χ3n) is 2.82. The van der Waals surface area contributed by atoms with Gasteiger partial charge in [0, 0.05) is 12.2 Å². The van der Waals surface area contributed by atoms with Crippen molar-refractivity contribution in [1.82, 2.24) is 5.32 Å². The smallest absolute Gasteiger partial charge is 0.238 e. The van der Waals surface area contributed by atoms with E-state index in [0.717, 1.165) is 11.3 Å². The average molecular weight is 263 g/mol. The standard InChI is InChI=1S/C14H21N3O2/c1-10-5-4-6-11(7-10)17-12(18)8-16-9-14(2,3)13(15)19/h4-7,16H,8-9H2,1-3H3,(H2,15,19)(H,17,18). The third kappa shape index (κ3) is 5.09. The van der Waals surface area contributed by atoms with Crippen LogP contribution in [0.15, 0.2) is 24.3 Å². The van der Waals surface area contributed by atoms with Gasteiger partial charge in [0.1, 0.15) is 0 Å². The minimum atomic E-state index is -0.663. The van der Waals surface area contributed by atoms with Gasteiger partial charge in [-0.1, -0.05) is 12.1 Å². The zero-order chi connectivity index (χ0) is 14.5. The van der Waals surface area contributed by atoms with Crippen LogP contribution in [-0.2, 0) is 9.59 Å². The van der Waals surface area contributed by atoms with Crippen LogP contribution >= 0.6 is 0 Å². The molecule has 0 saturated carbocycles. The zero-order valence-electron chi connectivity index (χ0n) is 11.6. The number of hydrogen-bond acceptors (Lipinski definition) is 3. The van der Waals surface area contributed by atoms with Crippen molar-refractivity contribution in [2.45, 2.75) is 20.8 Å². The number of nitrogens with two attached hydrogens (primary N) is 1. The van der Waals surface area contributed by atoms with Gasteiger partial charge in [0.15, 0.2) is 0 Å². The molecule has 0 aliphatic rings. The predicted molar refractivity (Wildman–Crippen MR) is 75.7 cm³/mol. The molecular formula is C14H21N3O2. The van der Waals surface area contributed by atoms with E-state index in [1.54, 1.807) is 13.8 Å². The van der Waals surface area contributed by atoms with Gasteiger partial charge < -0.3 is 16.4 Å². The third-order valence-corrected chi connectivity index (χ3v) is 2.82. The van der Waals surface area contributed by atoms with Crippen LogP contribution in [0.5, 0.6) is 0 Å². The average Bonchev–Trinajstić information content (AvgIpc) is 2.28. The summed E-state index contributed by atoms with van der Waals surface area (Å²) >= 11 is 0. The summed E-state index contributed by atoms with van der Waals surface area (Å²) < 4.78 is 0. The van der Waals surface area contributed by atoms with Gasteiger partial charge >= 0.3 is 0 Å². The van der Waals surface area contributed by atoms with Gasteiger partial charge in [-0.15, -0.1) is 0 Å². The molecule has 19 heavy (non-hydrogen) atoms. The summed E-state index contributed by atoms with van der Waals surface area (Å²) in [5, 5.41) is 5.71. The van der Waals surface area contributed by atoms with Crippen LogP contribution in [0, 0.1) is 12.3 Å². The lowest BCUT2D eigenvalue weighted by Gasteiger charge is -2.20. The molecule has 0 aliphatic heterocycles. The summed E-state index contributed by atoms with van der Waals surface area (Å²) in [5.41, 5.74) is 6.43. The van der Waals surface area contributed by atoms with Crippen LogP contribution in [0.4, 0.5) is 5.69 Å². The summed E-state index contributed by atoms with van der Waals surface area (Å²) in [6.45, 7) is 5.94. The first-order chi connectivity index (χ1) is 8.81. The number of rotatable bonds is 6. The largest absolute Gasteiger partial charge is 0.369 e. The van der Waals surface area contributed by atoms with E-state index in [1.165, 1.54) is 0 Å². The molecule has 4 N–H and O–H groups in total. The summed E-state index contributed by atoms with van der Waals surface area (Å²) in [4.78, 5) is 22.8. The molecular weight excluding hydrogens is 242 g/mol. The quantitative estimate of drug-likeness (QED) is 0.717. The highest BCUT2D eigenvalue weighted by atomic mass is 16.2. The number of carbonyl (C=O) groups is 2. The number of hydrogen-bond donors (Lipinski definition) is 3. The first-order valence-electron chi connectivity index (χ1n) is 6.18. The van der Waals surface area contributed by atoms with Crippen LogP contribution in [0.2, 0.25) is 0 Å². The number of primary amides is 1. The Morgan fingerprint density at radius 2 is 2.00 bits per heavy atom. The van der Waals surface area contributed by atoms with Gasteiger partial charge in [0.25, 0.3) is 0 Å². The molecule has 0 aliphatic carbocycles. The molecule has 1 aromatic rings. The molecule has 2 amide bonds. The minimum absolute atomic E-state index is 0.144. The number of benzene rings is 1. The Balaban J connectivity index is 2.39. The second-order valence-corrected chi connectivity index (χ2v) is 5.27. The molecule has 0 fully saturated rings. The second kappa shape index (κ2) is 6.33. The Hall–Kier alpha value is -1.88. The van der Waals surface area contributed by atoms with Crippen molar-refractivity contribution in [3.8, 4) is 0 Å². The van der Waals surface area contributed by atoms with Crippen LogP contribution in [-0.4, -0.2) is 24.9 Å². The Bertz CT molecular complexity index is 470. The molecule has 104 valence electrons. The molecule has 1 aromatic carbocycles. The summed E-state index contributed by atoms with van der Waals surface area (Å²) in [5.74, 6) is -0.537. The van der Waals surface area contributed by atoms with Gasteiger partial charge in [-0.3, -0.25) is 9.59 Å². The molecule has 0 atom stereocenters. The molecule has 0 aromatic heterocycles. The lowest BCUT2D eigenvalue weighted by atomic mass is 9.93. The van der Waals surface area contributed by atoms with Crippen molar-refractivity contribution in [1.29, 1.82) is 0 Å². The highest BCUT2D eigenvalue weighted by Gasteiger charge is 2.24. The van der Waals surface area contributed by atoms with E-state index in [0.29, 0.717) is 6.54 Å². The highest BCUT2D eigenvalue weighted by Crippen LogP contribution is 2.12. The Morgan fingerprint density at radius 1 is 1.32 bits per heavy atom. The number of aryl methyl sites for hydroxylation is 1. The maximum atomic E-state index is 11.7. The van der Waals surface area contributed by atoms with Gasteiger partial charge in [-0.25, -0.2) is 0 Å². The van der Waals surface area contributed by atoms with Crippen molar-refractivity contribution in [3.05, 3.63) is 29.8 Å². The van der Waals surface area contributed by atoms with E-state index in [1.807, 2.05) is 31.2 Å². The summed E-state index contributed by atoms with van der Waals surface area (Å²) in [6.07, 6.45) is 0. The fourth-order valence-electron chi connectivity index (χ4n) is 1.50. The van der Waals surface area contributed by atoms with Crippen molar-refractivity contribution >= 4 is 17.5 Å². The molecule has 0 spiro atoms. The fourth-order valence-corrected chi connectivity index (χ4v) is 1.50. The van der Waals surface area contributed by atoms with E-state index < -0.39 is 5.41 Å². The molecule has 0 heterocycles. The van der Waals surface area contributed by atoms with Crippen molar-refractivity contribution < 1.29 is 9.59 Å². The molecule has 0 radical (unpaired) electrons. The van der Waals surface area contributed by atoms with Gasteiger partial charge in [-0.05, 0) is 38.5 Å². The van der Waals surface area contributed by atoms with Crippen LogP contribution in [0.1, 0.15) is 19.4 Å². The summed E-state index contributed by atoms with van der Waals surface area (Å²) in [6, 6.07) is 7.57. The predicted octanol–water partition coefficient (Wildman–Crippen LogP) is 1.03. The van der Waals surface area contributed by atoms with E-state index in [-0.39, 0.29) is 18.4 Å². The molecule has 5 nitrogen and oxygen atoms in total. The van der Waals surface area contributed by atoms with Gasteiger partial charge in [0.05, 0.1) is 12.0 Å². The maximum Gasteiger partial charge on any atom is 0.238 e. The van der Waals surface area contributed by atoms with Crippen LogP contribution in [0.25, 0.3) is 0 Å². The van der Waals surface area contributed by atoms with Crippen LogP contribution < -0.4 is 16.4 Å². The number of amides is 2. The highest BCUT2D eigenvalue weighted by molar-refractivity contribution is 5.92. The van der Waals surface area contributed by atoms with E-state index in [2.05, 4.69) is 10.6 Å². The van der Waals surface area contributed by atoms with Gasteiger partial charge in [0.2, 0.25) is 11.8 Å². The van der Waals surface area contributed by atoms with Crippen LogP contribution in [0.3, 0.4) is 0 Å². The minimum Gasteiger partial charge on any atom is -0.369 e. The monoisotopic (exact) mass is 263 g/mol. The normalized spacial score (nSPS) is 11.1. The van der Waals surface area contributed by atoms with Crippen molar-refractivity contribution in [2.24, 2.45) is 11.1 Å². The topological polar surface area (TPSA) is 84.2 Å². The maximum absolute atomic E-state index is 11.7. The van der Waals surface area contributed by atoms with Crippen molar-refractivity contribution in [2.75, 3.05) is 18.4 Å². The Morgan fingerprint density at radius 3 is 2.58 bits per heavy atom. The Labute approximate surface area is 113 Å². The lowest BCUT2D eigenvalue weighted by Crippen LogP contribution is -2.42. The number of carbonyl (C=O) groups excluding carboxylic acids is 2. The molecule has 0 saturated heterocycles. The number of nitrogens with one attached hydrogen (secondary N) is 2. The first-order valence-corrected chi connectivity index (χ1v) is 6.18. The molecule has 5 heteroatoms. The SMILES string of the molecule is Cc1cccc(NC(=O)CNCC(C)(C)C(N)=O)c1. The van der Waals surface area contributed by atoms with E-state index in [4.69, 9.17) is 5.73 Å². The zero-order valence-corrected chi connectivity index (χ0v) is 11.6. The molecule has 0 unspecified atom stereocenters. The molecule has 1 rings (SSSR count). The Kier molecular flexibility index (Phi) is 5.06. The van der Waals surface area contributed by atoms with Gasteiger partial charge in [-0.2, -0.15) is 0 Å². The summed E-state index contributed by atoms with van der Waals surface area (Å²) in [7, 11) is 0. The number of anilines is 1. The fraction of sp³-hybridized carbons (Fsp3) is 0.429. The van der Waals surface area contributed by atoms with E-state index >= 15 is 0 Å². The first kappa shape index (κ1) is 15.2. The second-order valence-electron chi connectivity index (χ2n) is 5.27. The van der Waals surface area contributed by atoms with Crippen molar-refractivity contribution in [3.63, 3.8) is 0 Å². The molecule has 0 bridgehead atoms. The van der Waals surface area contributed by atoms with E-state index in [9.17, 15) is 9.59 Å².